The Morgan fingerprint density at radius 2 is 2.20 bits per heavy atom. The lowest BCUT2D eigenvalue weighted by atomic mass is 10.2. The van der Waals surface area contributed by atoms with Crippen LogP contribution in [-0.4, -0.2) is 56.1 Å². The third-order valence-electron chi connectivity index (χ3n) is 3.10. The number of nitrogens with zero attached hydrogens (tertiary/aromatic N) is 4. The molecule has 2 N–H and O–H groups in total. The molecule has 1 heterocycles. The lowest BCUT2D eigenvalue weighted by molar-refractivity contribution is 0.0690. The lowest BCUT2D eigenvalue weighted by Gasteiger charge is -2.27. The summed E-state index contributed by atoms with van der Waals surface area (Å²) in [6.45, 7) is 7.36. The second-order valence-electron chi connectivity index (χ2n) is 4.45. The van der Waals surface area contributed by atoms with Crippen LogP contribution in [-0.2, 0) is 6.54 Å². The number of aromatic nitrogens is 3. The van der Waals surface area contributed by atoms with Gasteiger partial charge in [-0.05, 0) is 20.3 Å². The predicted molar refractivity (Wildman–Crippen MR) is 72.5 cm³/mol. The molecule has 1 unspecified atom stereocenters. The summed E-state index contributed by atoms with van der Waals surface area (Å²) in [6.07, 6.45) is 2.23. The van der Waals surface area contributed by atoms with Gasteiger partial charge in [0.05, 0.1) is 12.7 Å². The zero-order chi connectivity index (χ0) is 15.1. The number of urea groups is 1. The number of hydrogen-bond acceptors (Lipinski definition) is 4. The Morgan fingerprint density at radius 1 is 1.50 bits per heavy atom. The van der Waals surface area contributed by atoms with Gasteiger partial charge in [0, 0.05) is 19.1 Å². The second-order valence-corrected chi connectivity index (χ2v) is 4.45. The SMILES string of the molecule is CCC(C)N(CC)C(=O)NCCn1cc(C(=O)O)nn1. The zero-order valence-electron chi connectivity index (χ0n) is 12.0. The molecule has 112 valence electrons. The standard InChI is InChI=1S/C12H21N5O3/c1-4-9(3)17(5-2)12(20)13-6-7-16-8-10(11(18)19)14-15-16/h8-9H,4-7H2,1-3H3,(H,13,20)(H,18,19). The second kappa shape index (κ2) is 7.46. The van der Waals surface area contributed by atoms with Gasteiger partial charge >= 0.3 is 12.0 Å². The average molecular weight is 283 g/mol. The van der Waals surface area contributed by atoms with Crippen LogP contribution in [0, 0.1) is 0 Å². The van der Waals surface area contributed by atoms with Crippen LogP contribution in [0.15, 0.2) is 6.20 Å². The first-order valence-electron chi connectivity index (χ1n) is 6.67. The third kappa shape index (κ3) is 4.22. The van der Waals surface area contributed by atoms with E-state index in [2.05, 4.69) is 15.6 Å². The number of nitrogens with one attached hydrogen (secondary N) is 1. The number of hydrogen-bond donors (Lipinski definition) is 2. The van der Waals surface area contributed by atoms with Crippen molar-refractivity contribution in [2.45, 2.75) is 39.8 Å². The Morgan fingerprint density at radius 3 is 2.70 bits per heavy atom. The van der Waals surface area contributed by atoms with Crippen LogP contribution in [0.2, 0.25) is 0 Å². The van der Waals surface area contributed by atoms with Gasteiger partial charge in [-0.15, -0.1) is 5.10 Å². The topological polar surface area (TPSA) is 100 Å². The van der Waals surface area contributed by atoms with E-state index >= 15 is 0 Å². The van der Waals surface area contributed by atoms with E-state index in [9.17, 15) is 9.59 Å². The van der Waals surface area contributed by atoms with Gasteiger partial charge in [0.2, 0.25) is 0 Å². The van der Waals surface area contributed by atoms with Crippen LogP contribution in [0.25, 0.3) is 0 Å². The van der Waals surface area contributed by atoms with Gasteiger partial charge in [0.15, 0.2) is 5.69 Å². The fraction of sp³-hybridized carbons (Fsp3) is 0.667. The first-order valence-corrected chi connectivity index (χ1v) is 6.67. The summed E-state index contributed by atoms with van der Waals surface area (Å²) in [5, 5.41) is 18.7. The summed E-state index contributed by atoms with van der Waals surface area (Å²) in [4.78, 5) is 24.3. The molecular weight excluding hydrogens is 262 g/mol. The Labute approximate surface area is 117 Å². The third-order valence-corrected chi connectivity index (χ3v) is 3.10. The van der Waals surface area contributed by atoms with Crippen molar-refractivity contribution in [3.63, 3.8) is 0 Å². The molecule has 0 bridgehead atoms. The van der Waals surface area contributed by atoms with Gasteiger partial charge < -0.3 is 15.3 Å². The highest BCUT2D eigenvalue weighted by Crippen LogP contribution is 2.02. The zero-order valence-corrected chi connectivity index (χ0v) is 12.0. The van der Waals surface area contributed by atoms with Crippen LogP contribution in [0.1, 0.15) is 37.7 Å². The number of aromatic carboxylic acids is 1. The number of rotatable bonds is 7. The molecule has 20 heavy (non-hydrogen) atoms. The lowest BCUT2D eigenvalue weighted by Crippen LogP contribution is -2.45. The highest BCUT2D eigenvalue weighted by Gasteiger charge is 2.16. The molecule has 8 heteroatoms. The largest absolute Gasteiger partial charge is 0.476 e. The summed E-state index contributed by atoms with van der Waals surface area (Å²) in [5.41, 5.74) is -0.105. The van der Waals surface area contributed by atoms with Crippen LogP contribution in [0.4, 0.5) is 4.79 Å². The van der Waals surface area contributed by atoms with Gasteiger partial charge in [-0.25, -0.2) is 14.3 Å². The van der Waals surface area contributed by atoms with Gasteiger partial charge in [-0.3, -0.25) is 0 Å². The molecule has 8 nitrogen and oxygen atoms in total. The molecule has 0 radical (unpaired) electrons. The van der Waals surface area contributed by atoms with Crippen molar-refractivity contribution < 1.29 is 14.7 Å². The minimum Gasteiger partial charge on any atom is -0.476 e. The summed E-state index contributed by atoms with van der Waals surface area (Å²) in [7, 11) is 0. The normalized spacial score (nSPS) is 11.9. The molecule has 1 aromatic rings. The Bertz CT molecular complexity index is 460. The van der Waals surface area contributed by atoms with E-state index in [1.165, 1.54) is 10.9 Å². The molecule has 1 aromatic heterocycles. The highest BCUT2D eigenvalue weighted by atomic mass is 16.4. The van der Waals surface area contributed by atoms with E-state index in [0.29, 0.717) is 19.6 Å². The molecule has 0 spiro atoms. The first-order chi connectivity index (χ1) is 9.49. The molecule has 0 aromatic carbocycles. The Balaban J connectivity index is 2.42. The number of carboxylic acid groups (broad SMARTS) is 1. The molecule has 0 aliphatic rings. The van der Waals surface area contributed by atoms with E-state index in [1.807, 2.05) is 20.8 Å². The van der Waals surface area contributed by atoms with Crippen molar-refractivity contribution in [3.8, 4) is 0 Å². The summed E-state index contributed by atoms with van der Waals surface area (Å²) < 4.78 is 1.39. The van der Waals surface area contributed by atoms with Crippen molar-refractivity contribution in [3.05, 3.63) is 11.9 Å². The number of amides is 2. The van der Waals surface area contributed by atoms with Gasteiger partial charge in [-0.2, -0.15) is 0 Å². The maximum atomic E-state index is 12.0. The van der Waals surface area contributed by atoms with E-state index in [4.69, 9.17) is 5.11 Å². The minimum atomic E-state index is -1.12. The molecular formula is C12H21N5O3. The number of carboxylic acids is 1. The summed E-state index contributed by atoms with van der Waals surface area (Å²) >= 11 is 0. The van der Waals surface area contributed by atoms with E-state index < -0.39 is 5.97 Å². The van der Waals surface area contributed by atoms with Gasteiger partial charge in [-0.1, -0.05) is 12.1 Å². The summed E-state index contributed by atoms with van der Waals surface area (Å²) in [6, 6.07) is 0.0606. The molecule has 0 aliphatic carbocycles. The average Bonchev–Trinajstić information content (AvgIpc) is 2.88. The van der Waals surface area contributed by atoms with Crippen LogP contribution in [0.5, 0.6) is 0 Å². The van der Waals surface area contributed by atoms with E-state index in [-0.39, 0.29) is 17.8 Å². The van der Waals surface area contributed by atoms with Crippen LogP contribution < -0.4 is 5.32 Å². The van der Waals surface area contributed by atoms with Crippen molar-refractivity contribution in [2.75, 3.05) is 13.1 Å². The maximum absolute atomic E-state index is 12.0. The van der Waals surface area contributed by atoms with Gasteiger partial charge in [0.25, 0.3) is 0 Å². The molecule has 0 aliphatic heterocycles. The minimum absolute atomic E-state index is 0.105. The molecule has 0 saturated carbocycles. The molecule has 2 amide bonds. The molecule has 0 saturated heterocycles. The first kappa shape index (κ1) is 15.9. The Kier molecular flexibility index (Phi) is 5.95. The monoisotopic (exact) mass is 283 g/mol. The smallest absolute Gasteiger partial charge is 0.358 e. The maximum Gasteiger partial charge on any atom is 0.358 e. The van der Waals surface area contributed by atoms with Crippen molar-refractivity contribution in [1.82, 2.24) is 25.2 Å². The summed E-state index contributed by atoms with van der Waals surface area (Å²) in [5.74, 6) is -1.12. The van der Waals surface area contributed by atoms with Crippen molar-refractivity contribution in [1.29, 1.82) is 0 Å². The van der Waals surface area contributed by atoms with Crippen molar-refractivity contribution >= 4 is 12.0 Å². The predicted octanol–water partition coefficient (Wildman–Crippen LogP) is 0.806. The van der Waals surface area contributed by atoms with Crippen molar-refractivity contribution in [2.24, 2.45) is 0 Å². The fourth-order valence-electron chi connectivity index (χ4n) is 1.76. The van der Waals surface area contributed by atoms with E-state index in [1.54, 1.807) is 4.90 Å². The van der Waals surface area contributed by atoms with E-state index in [0.717, 1.165) is 6.42 Å². The molecule has 0 fully saturated rings. The molecule has 1 atom stereocenters. The number of carbonyl (C=O) groups excluding carboxylic acids is 1. The number of carbonyl (C=O) groups is 2. The Hall–Kier alpha value is -2.12. The molecule has 1 rings (SSSR count). The fourth-order valence-corrected chi connectivity index (χ4v) is 1.76. The van der Waals surface area contributed by atoms with Crippen LogP contribution in [0.3, 0.4) is 0 Å². The quantitative estimate of drug-likeness (QED) is 0.771. The van der Waals surface area contributed by atoms with Crippen LogP contribution >= 0.6 is 0 Å². The van der Waals surface area contributed by atoms with Gasteiger partial charge in [0.1, 0.15) is 0 Å². The highest BCUT2D eigenvalue weighted by molar-refractivity contribution is 5.84.